The Morgan fingerprint density at radius 2 is 1.71 bits per heavy atom. The summed E-state index contributed by atoms with van der Waals surface area (Å²) in [5, 5.41) is 22.9. The Hall–Kier alpha value is -3.95. The molecule has 4 aromatic rings. The third-order valence-electron chi connectivity index (χ3n) is 4.67. The minimum Gasteiger partial charge on any atom is -0.478 e. The monoisotopic (exact) mass is 491 g/mol. The minimum absolute atomic E-state index is 0.0262. The summed E-state index contributed by atoms with van der Waals surface area (Å²) < 4.78 is 1.86. The maximum atomic E-state index is 12.4. The maximum absolute atomic E-state index is 12.4. The molecule has 0 bridgehead atoms. The van der Waals surface area contributed by atoms with E-state index in [1.807, 2.05) is 47.0 Å². The Balaban J connectivity index is 1.50. The van der Waals surface area contributed by atoms with Crippen LogP contribution >= 0.6 is 23.4 Å². The highest BCUT2D eigenvalue weighted by atomic mass is 35.5. The van der Waals surface area contributed by atoms with Crippen molar-refractivity contribution in [3.05, 3.63) is 95.0 Å². The quantitative estimate of drug-likeness (QED) is 0.213. The topological polar surface area (TPSA) is 109 Å². The number of hydrazone groups is 1. The van der Waals surface area contributed by atoms with E-state index in [1.165, 1.54) is 24.0 Å². The number of hydrogen-bond acceptors (Lipinski definition) is 6. The molecule has 0 aliphatic rings. The normalized spacial score (nSPS) is 11.0. The number of carbonyl (C=O) groups is 2. The second-order valence-electron chi connectivity index (χ2n) is 6.96. The van der Waals surface area contributed by atoms with Crippen molar-refractivity contribution in [2.45, 2.75) is 5.16 Å². The Labute approximate surface area is 204 Å². The molecule has 0 saturated heterocycles. The molecule has 10 heteroatoms. The number of carbonyl (C=O) groups excluding carboxylic acids is 1. The zero-order chi connectivity index (χ0) is 23.9. The van der Waals surface area contributed by atoms with Gasteiger partial charge in [-0.3, -0.25) is 9.36 Å². The van der Waals surface area contributed by atoms with Crippen LogP contribution in [0.4, 0.5) is 0 Å². The van der Waals surface area contributed by atoms with E-state index in [-0.39, 0.29) is 17.2 Å². The number of thioether (sulfide) groups is 1. The van der Waals surface area contributed by atoms with E-state index in [4.69, 9.17) is 11.6 Å². The van der Waals surface area contributed by atoms with Gasteiger partial charge in [-0.15, -0.1) is 10.2 Å². The van der Waals surface area contributed by atoms with E-state index in [0.29, 0.717) is 21.6 Å². The smallest absolute Gasteiger partial charge is 0.336 e. The average Bonchev–Trinajstić information content (AvgIpc) is 3.28. The first-order chi connectivity index (χ1) is 16.5. The second kappa shape index (κ2) is 10.8. The van der Waals surface area contributed by atoms with Gasteiger partial charge in [-0.2, -0.15) is 5.10 Å². The third kappa shape index (κ3) is 5.51. The molecule has 34 heavy (non-hydrogen) atoms. The second-order valence-corrected chi connectivity index (χ2v) is 8.34. The molecule has 0 aliphatic heterocycles. The summed E-state index contributed by atoms with van der Waals surface area (Å²) in [6, 6.07) is 23.3. The Morgan fingerprint density at radius 3 is 2.44 bits per heavy atom. The molecule has 170 valence electrons. The first kappa shape index (κ1) is 23.2. The molecule has 1 aromatic heterocycles. The highest BCUT2D eigenvalue weighted by Gasteiger charge is 2.17. The van der Waals surface area contributed by atoms with Gasteiger partial charge in [0.1, 0.15) is 0 Å². The van der Waals surface area contributed by atoms with Crippen molar-refractivity contribution in [1.29, 1.82) is 0 Å². The molecule has 4 rings (SSSR count). The maximum Gasteiger partial charge on any atom is 0.336 e. The fourth-order valence-corrected chi connectivity index (χ4v) is 3.97. The lowest BCUT2D eigenvalue weighted by Crippen LogP contribution is -2.20. The molecule has 0 spiro atoms. The zero-order valence-corrected chi connectivity index (χ0v) is 19.2. The van der Waals surface area contributed by atoms with Crippen LogP contribution in [0.25, 0.3) is 17.1 Å². The summed E-state index contributed by atoms with van der Waals surface area (Å²) in [4.78, 5) is 23.6. The van der Waals surface area contributed by atoms with Crippen molar-refractivity contribution >= 4 is 41.5 Å². The van der Waals surface area contributed by atoms with Gasteiger partial charge in [0.2, 0.25) is 0 Å². The molecule has 0 unspecified atom stereocenters. The van der Waals surface area contributed by atoms with Gasteiger partial charge >= 0.3 is 5.97 Å². The van der Waals surface area contributed by atoms with Crippen LogP contribution in [0, 0.1) is 0 Å². The molecule has 3 aromatic carbocycles. The lowest BCUT2D eigenvalue weighted by atomic mass is 10.1. The van der Waals surface area contributed by atoms with Crippen LogP contribution in [-0.2, 0) is 4.79 Å². The summed E-state index contributed by atoms with van der Waals surface area (Å²) in [5.74, 6) is -0.784. The van der Waals surface area contributed by atoms with Gasteiger partial charge < -0.3 is 5.11 Å². The molecule has 0 atom stereocenters. The lowest BCUT2D eigenvalue weighted by molar-refractivity contribution is -0.118. The highest BCUT2D eigenvalue weighted by Crippen LogP contribution is 2.28. The van der Waals surface area contributed by atoms with Crippen molar-refractivity contribution in [3.63, 3.8) is 0 Å². The van der Waals surface area contributed by atoms with Crippen LogP contribution in [0.15, 0.2) is 89.1 Å². The Kier molecular flexibility index (Phi) is 7.36. The fraction of sp³-hybridized carbons (Fsp3) is 0.0417. The number of nitrogens with one attached hydrogen (secondary N) is 1. The molecule has 1 heterocycles. The van der Waals surface area contributed by atoms with Gasteiger partial charge in [0.15, 0.2) is 11.0 Å². The van der Waals surface area contributed by atoms with E-state index in [0.717, 1.165) is 11.3 Å². The van der Waals surface area contributed by atoms with Gasteiger partial charge in [0.25, 0.3) is 5.91 Å². The molecule has 1 amide bonds. The summed E-state index contributed by atoms with van der Waals surface area (Å²) >= 11 is 7.25. The molecule has 0 fully saturated rings. The standard InChI is InChI=1S/C24H18ClN5O3S/c25-18-10-12-19(13-11-18)30-22(16-6-2-1-3-7-16)28-29-24(30)34-15-21(31)27-26-14-17-8-4-5-9-20(17)23(32)33/h1-14H,15H2,(H,27,31)(H,32,33)/b26-14+. The van der Waals surface area contributed by atoms with Gasteiger partial charge in [0, 0.05) is 21.8 Å². The molecule has 0 saturated carbocycles. The third-order valence-corrected chi connectivity index (χ3v) is 5.85. The molecule has 0 radical (unpaired) electrons. The number of carboxylic acids is 1. The largest absolute Gasteiger partial charge is 0.478 e. The number of halogens is 1. The number of aromatic carboxylic acids is 1. The summed E-state index contributed by atoms with van der Waals surface area (Å²) in [6.07, 6.45) is 1.30. The van der Waals surface area contributed by atoms with Crippen molar-refractivity contribution in [2.75, 3.05) is 5.75 Å². The highest BCUT2D eigenvalue weighted by molar-refractivity contribution is 7.99. The molecular formula is C24H18ClN5O3S. The minimum atomic E-state index is -1.07. The van der Waals surface area contributed by atoms with Crippen LogP contribution in [0.2, 0.25) is 5.02 Å². The summed E-state index contributed by atoms with van der Waals surface area (Å²) in [7, 11) is 0. The number of benzene rings is 3. The average molecular weight is 492 g/mol. The lowest BCUT2D eigenvalue weighted by Gasteiger charge is -2.10. The molecular weight excluding hydrogens is 474 g/mol. The number of rotatable bonds is 8. The predicted octanol–water partition coefficient (Wildman–Crippen LogP) is 4.53. The molecule has 2 N–H and O–H groups in total. The van der Waals surface area contributed by atoms with E-state index in [9.17, 15) is 14.7 Å². The molecule has 8 nitrogen and oxygen atoms in total. The predicted molar refractivity (Wildman–Crippen MR) is 132 cm³/mol. The van der Waals surface area contributed by atoms with Crippen LogP contribution in [-0.4, -0.2) is 43.7 Å². The SMILES string of the molecule is O=C(CSc1nnc(-c2ccccc2)n1-c1ccc(Cl)cc1)N/N=C/c1ccccc1C(=O)O. The Morgan fingerprint density at radius 1 is 1.00 bits per heavy atom. The first-order valence-electron chi connectivity index (χ1n) is 10.1. The fourth-order valence-electron chi connectivity index (χ4n) is 3.10. The van der Waals surface area contributed by atoms with Crippen LogP contribution in [0.3, 0.4) is 0 Å². The number of carboxylic acid groups (broad SMARTS) is 1. The van der Waals surface area contributed by atoms with E-state index in [2.05, 4.69) is 20.7 Å². The van der Waals surface area contributed by atoms with Crippen molar-refractivity contribution in [1.82, 2.24) is 20.2 Å². The summed E-state index contributed by atoms with van der Waals surface area (Å²) in [6.45, 7) is 0. The van der Waals surface area contributed by atoms with Crippen molar-refractivity contribution in [2.24, 2.45) is 5.10 Å². The van der Waals surface area contributed by atoms with Crippen LogP contribution in [0.5, 0.6) is 0 Å². The zero-order valence-electron chi connectivity index (χ0n) is 17.6. The van der Waals surface area contributed by atoms with E-state index < -0.39 is 5.97 Å². The number of hydrogen-bond donors (Lipinski definition) is 2. The number of amides is 1. The van der Waals surface area contributed by atoms with Gasteiger partial charge in [-0.05, 0) is 30.3 Å². The van der Waals surface area contributed by atoms with Crippen molar-refractivity contribution in [3.8, 4) is 17.1 Å². The van der Waals surface area contributed by atoms with Crippen LogP contribution < -0.4 is 5.43 Å². The van der Waals surface area contributed by atoms with Gasteiger partial charge in [-0.1, -0.05) is 71.9 Å². The first-order valence-corrected chi connectivity index (χ1v) is 11.4. The van der Waals surface area contributed by atoms with Gasteiger partial charge in [-0.25, -0.2) is 10.2 Å². The Bertz CT molecular complexity index is 1340. The van der Waals surface area contributed by atoms with Gasteiger partial charge in [0.05, 0.1) is 17.5 Å². The number of aromatic nitrogens is 3. The number of nitrogens with zero attached hydrogens (tertiary/aromatic N) is 4. The van der Waals surface area contributed by atoms with Crippen molar-refractivity contribution < 1.29 is 14.7 Å². The van der Waals surface area contributed by atoms with Crippen LogP contribution in [0.1, 0.15) is 15.9 Å². The van der Waals surface area contributed by atoms with E-state index >= 15 is 0 Å². The molecule has 0 aliphatic carbocycles. The van der Waals surface area contributed by atoms with E-state index in [1.54, 1.807) is 30.3 Å². The summed E-state index contributed by atoms with van der Waals surface area (Å²) in [5.41, 5.74) is 4.58.